The van der Waals surface area contributed by atoms with Gasteiger partial charge in [-0.3, -0.25) is 4.98 Å². The van der Waals surface area contributed by atoms with Crippen LogP contribution in [-0.4, -0.2) is 30.2 Å². The summed E-state index contributed by atoms with van der Waals surface area (Å²) in [5.41, 5.74) is 0.0964. The molecule has 1 heterocycles. The van der Waals surface area contributed by atoms with Gasteiger partial charge < -0.3 is 5.11 Å². The zero-order chi connectivity index (χ0) is 15.5. The highest BCUT2D eigenvalue weighted by Crippen LogP contribution is 2.17. The Morgan fingerprint density at radius 3 is 2.67 bits per heavy atom. The summed E-state index contributed by atoms with van der Waals surface area (Å²) in [5.74, 6) is -2.67. The lowest BCUT2D eigenvalue weighted by Crippen LogP contribution is -2.11. The van der Waals surface area contributed by atoms with Crippen LogP contribution in [0.2, 0.25) is 0 Å². The third kappa shape index (κ3) is 3.63. The molecule has 0 bridgehead atoms. The minimum absolute atomic E-state index is 0.204. The van der Waals surface area contributed by atoms with Crippen molar-refractivity contribution in [2.75, 3.05) is 5.75 Å². The van der Waals surface area contributed by atoms with Crippen LogP contribution in [0.25, 0.3) is 0 Å². The minimum Gasteiger partial charge on any atom is -0.478 e. The number of sulfone groups is 1. The van der Waals surface area contributed by atoms with E-state index in [2.05, 4.69) is 4.98 Å². The number of aromatic nitrogens is 1. The van der Waals surface area contributed by atoms with Gasteiger partial charge in [-0.2, -0.15) is 0 Å². The topological polar surface area (TPSA) is 84.3 Å². The van der Waals surface area contributed by atoms with E-state index in [1.807, 2.05) is 0 Å². The Morgan fingerprint density at radius 1 is 1.29 bits per heavy atom. The maximum absolute atomic E-state index is 13.3. The number of pyridine rings is 1. The van der Waals surface area contributed by atoms with Crippen LogP contribution in [0, 0.1) is 5.82 Å². The molecule has 0 radical (unpaired) electrons. The normalized spacial score (nSPS) is 11.3. The van der Waals surface area contributed by atoms with Crippen LogP contribution in [0.4, 0.5) is 4.39 Å². The van der Waals surface area contributed by atoms with Crippen LogP contribution in [0.1, 0.15) is 15.9 Å². The number of hydrogen-bond donors (Lipinski definition) is 1. The highest BCUT2D eigenvalue weighted by Gasteiger charge is 2.19. The van der Waals surface area contributed by atoms with E-state index in [0.29, 0.717) is 0 Å². The molecule has 5 nitrogen and oxygen atoms in total. The van der Waals surface area contributed by atoms with Gasteiger partial charge in [-0.1, -0.05) is 6.07 Å². The Hall–Kier alpha value is -2.28. The number of carboxylic acids is 1. The number of rotatable bonds is 5. The number of aryl methyl sites for hydroxylation is 1. The van der Waals surface area contributed by atoms with E-state index >= 15 is 0 Å². The number of halogens is 1. The summed E-state index contributed by atoms with van der Waals surface area (Å²) >= 11 is 0. The SMILES string of the molecule is O=C(O)c1cc(S(=O)(=O)CCc2cccnc2)ccc1F. The van der Waals surface area contributed by atoms with Crippen molar-refractivity contribution in [3.63, 3.8) is 0 Å². The standard InChI is InChI=1S/C14H12FNO4S/c15-13-4-3-11(8-12(13)14(17)18)21(19,20)7-5-10-2-1-6-16-9-10/h1-4,6,8-9H,5,7H2,(H,17,18). The summed E-state index contributed by atoms with van der Waals surface area (Å²) in [6.07, 6.45) is 3.38. The van der Waals surface area contributed by atoms with Crippen LogP contribution in [0.15, 0.2) is 47.6 Å². The summed E-state index contributed by atoms with van der Waals surface area (Å²) in [4.78, 5) is 14.5. The molecule has 1 N–H and O–H groups in total. The van der Waals surface area contributed by atoms with Gasteiger partial charge in [0.25, 0.3) is 0 Å². The zero-order valence-corrected chi connectivity index (χ0v) is 11.7. The molecule has 21 heavy (non-hydrogen) atoms. The lowest BCUT2D eigenvalue weighted by molar-refractivity contribution is 0.0691. The van der Waals surface area contributed by atoms with Crippen LogP contribution in [-0.2, 0) is 16.3 Å². The first kappa shape index (κ1) is 15.1. The maximum atomic E-state index is 13.3. The number of hydrogen-bond acceptors (Lipinski definition) is 4. The fraction of sp³-hybridized carbons (Fsp3) is 0.143. The largest absolute Gasteiger partial charge is 0.478 e. The van der Waals surface area contributed by atoms with E-state index in [9.17, 15) is 17.6 Å². The van der Waals surface area contributed by atoms with Crippen molar-refractivity contribution in [1.82, 2.24) is 4.98 Å². The smallest absolute Gasteiger partial charge is 0.338 e. The molecule has 7 heteroatoms. The minimum atomic E-state index is -3.69. The second kappa shape index (κ2) is 6.01. The van der Waals surface area contributed by atoms with Crippen molar-refractivity contribution in [2.45, 2.75) is 11.3 Å². The molecule has 0 aliphatic carbocycles. The summed E-state index contributed by atoms with van der Waals surface area (Å²) in [6, 6.07) is 6.20. The molecule has 0 saturated heterocycles. The van der Waals surface area contributed by atoms with E-state index in [-0.39, 0.29) is 17.1 Å². The molecule has 0 aliphatic rings. The van der Waals surface area contributed by atoms with Gasteiger partial charge in [0.2, 0.25) is 0 Å². The molecule has 0 fully saturated rings. The fourth-order valence-electron chi connectivity index (χ4n) is 1.78. The first-order valence-electron chi connectivity index (χ1n) is 6.04. The molecule has 0 atom stereocenters. The molecule has 0 aliphatic heterocycles. The van der Waals surface area contributed by atoms with Crippen molar-refractivity contribution in [3.05, 3.63) is 59.7 Å². The molecule has 0 unspecified atom stereocenters. The van der Waals surface area contributed by atoms with E-state index < -0.39 is 27.2 Å². The quantitative estimate of drug-likeness (QED) is 0.853. The molecule has 0 spiro atoms. The van der Waals surface area contributed by atoms with Gasteiger partial charge in [-0.25, -0.2) is 17.6 Å². The van der Waals surface area contributed by atoms with Crippen LogP contribution >= 0.6 is 0 Å². The van der Waals surface area contributed by atoms with Crippen LogP contribution < -0.4 is 0 Å². The predicted molar refractivity (Wildman–Crippen MR) is 73.4 cm³/mol. The summed E-state index contributed by atoms with van der Waals surface area (Å²) in [7, 11) is -3.69. The number of carboxylic acid groups (broad SMARTS) is 1. The average Bonchev–Trinajstić information content (AvgIpc) is 2.46. The Morgan fingerprint density at radius 2 is 2.05 bits per heavy atom. The second-order valence-corrected chi connectivity index (χ2v) is 6.49. The number of aromatic carboxylic acids is 1. The number of benzene rings is 1. The van der Waals surface area contributed by atoms with Gasteiger partial charge in [-0.05, 0) is 36.2 Å². The van der Waals surface area contributed by atoms with Gasteiger partial charge in [0, 0.05) is 12.4 Å². The van der Waals surface area contributed by atoms with E-state index in [0.717, 1.165) is 23.8 Å². The highest BCUT2D eigenvalue weighted by atomic mass is 32.2. The third-order valence-corrected chi connectivity index (χ3v) is 4.62. The molecule has 2 rings (SSSR count). The average molecular weight is 309 g/mol. The van der Waals surface area contributed by atoms with Crippen molar-refractivity contribution < 1.29 is 22.7 Å². The summed E-state index contributed by atoms with van der Waals surface area (Å²) in [5, 5.41) is 8.82. The van der Waals surface area contributed by atoms with Crippen molar-refractivity contribution in [2.24, 2.45) is 0 Å². The highest BCUT2D eigenvalue weighted by molar-refractivity contribution is 7.91. The molecule has 1 aromatic carbocycles. The van der Waals surface area contributed by atoms with E-state index in [1.54, 1.807) is 24.5 Å². The van der Waals surface area contributed by atoms with Gasteiger partial charge in [0.05, 0.1) is 16.2 Å². The first-order chi connectivity index (χ1) is 9.90. The molecular formula is C14H12FNO4S. The van der Waals surface area contributed by atoms with Crippen LogP contribution in [0.5, 0.6) is 0 Å². The zero-order valence-electron chi connectivity index (χ0n) is 10.9. The maximum Gasteiger partial charge on any atom is 0.338 e. The van der Waals surface area contributed by atoms with Gasteiger partial charge in [0.15, 0.2) is 9.84 Å². The first-order valence-corrected chi connectivity index (χ1v) is 7.70. The molecule has 1 aromatic heterocycles. The Balaban J connectivity index is 2.24. The van der Waals surface area contributed by atoms with Crippen LogP contribution in [0.3, 0.4) is 0 Å². The summed E-state index contributed by atoms with van der Waals surface area (Å²) in [6.45, 7) is 0. The molecule has 110 valence electrons. The Kier molecular flexibility index (Phi) is 4.32. The number of carbonyl (C=O) groups is 1. The molecule has 0 amide bonds. The fourth-order valence-corrected chi connectivity index (χ4v) is 3.09. The third-order valence-electron chi connectivity index (χ3n) is 2.91. The second-order valence-electron chi connectivity index (χ2n) is 4.38. The molecule has 0 saturated carbocycles. The van der Waals surface area contributed by atoms with Crippen molar-refractivity contribution >= 4 is 15.8 Å². The predicted octanol–water partition coefficient (Wildman–Crippen LogP) is 1.94. The molecule has 2 aromatic rings. The number of nitrogens with zero attached hydrogens (tertiary/aromatic N) is 1. The monoisotopic (exact) mass is 309 g/mol. The van der Waals surface area contributed by atoms with Crippen molar-refractivity contribution in [1.29, 1.82) is 0 Å². The summed E-state index contributed by atoms with van der Waals surface area (Å²) < 4.78 is 37.6. The van der Waals surface area contributed by atoms with E-state index in [1.165, 1.54) is 0 Å². The van der Waals surface area contributed by atoms with Gasteiger partial charge in [0.1, 0.15) is 5.82 Å². The van der Waals surface area contributed by atoms with E-state index in [4.69, 9.17) is 5.11 Å². The Labute approximate surface area is 121 Å². The lowest BCUT2D eigenvalue weighted by Gasteiger charge is -2.06. The van der Waals surface area contributed by atoms with Gasteiger partial charge >= 0.3 is 5.97 Å². The van der Waals surface area contributed by atoms with Crippen molar-refractivity contribution in [3.8, 4) is 0 Å². The lowest BCUT2D eigenvalue weighted by atomic mass is 10.2. The Bertz CT molecular complexity index is 760. The van der Waals surface area contributed by atoms with Gasteiger partial charge in [-0.15, -0.1) is 0 Å². The molecular weight excluding hydrogens is 297 g/mol.